The van der Waals surface area contributed by atoms with Crippen molar-refractivity contribution < 1.29 is 34.6 Å². The van der Waals surface area contributed by atoms with Crippen LogP contribution in [-0.4, -0.2) is 64.0 Å². The number of ether oxygens (including phenoxy) is 3. The maximum Gasteiger partial charge on any atom is 0.222 e. The van der Waals surface area contributed by atoms with Crippen molar-refractivity contribution in [2.24, 2.45) is 0 Å². The number of benzene rings is 1. The number of rotatable bonds is 3. The highest BCUT2D eigenvalue weighted by molar-refractivity contribution is 5.70. The number of allylic oxidation sites excluding steroid dienone is 1. The molecule has 4 N–H and O–H groups in total. The van der Waals surface area contributed by atoms with Gasteiger partial charge in [0.15, 0.2) is 6.29 Å². The van der Waals surface area contributed by atoms with Gasteiger partial charge in [0.05, 0.1) is 6.61 Å². The fourth-order valence-corrected chi connectivity index (χ4v) is 2.73. The molecule has 6 atom stereocenters. The van der Waals surface area contributed by atoms with Crippen LogP contribution in [0.15, 0.2) is 30.3 Å². The molecule has 2 aliphatic rings. The molecule has 1 aromatic carbocycles. The van der Waals surface area contributed by atoms with Gasteiger partial charge in [0.2, 0.25) is 6.29 Å². The van der Waals surface area contributed by atoms with E-state index in [9.17, 15) is 20.4 Å². The Morgan fingerprint density at radius 2 is 1.83 bits per heavy atom. The molecular formula is C16H20O7. The molecule has 1 saturated heterocycles. The second-order valence-corrected chi connectivity index (χ2v) is 5.67. The summed E-state index contributed by atoms with van der Waals surface area (Å²) in [4.78, 5) is 0. The summed E-state index contributed by atoms with van der Waals surface area (Å²) in [6.45, 7) is 1.40. The van der Waals surface area contributed by atoms with Crippen LogP contribution < -0.4 is 4.74 Å². The summed E-state index contributed by atoms with van der Waals surface area (Å²) in [5, 5.41) is 38.7. The minimum atomic E-state index is -1.48. The Kier molecular flexibility index (Phi) is 4.67. The Hall–Kier alpha value is -1.48. The lowest BCUT2D eigenvalue weighted by Gasteiger charge is -2.40. The van der Waals surface area contributed by atoms with Gasteiger partial charge in [-0.25, -0.2) is 0 Å². The number of para-hydroxylation sites is 1. The fourth-order valence-electron chi connectivity index (χ4n) is 2.73. The van der Waals surface area contributed by atoms with Crippen LogP contribution in [0.25, 0.3) is 5.57 Å². The maximum absolute atomic E-state index is 10.00. The van der Waals surface area contributed by atoms with Crippen molar-refractivity contribution in [2.75, 3.05) is 6.61 Å². The Morgan fingerprint density at radius 1 is 1.09 bits per heavy atom. The highest BCUT2D eigenvalue weighted by Crippen LogP contribution is 2.33. The normalized spacial score (nSPS) is 36.8. The highest BCUT2D eigenvalue weighted by Gasteiger charge is 2.45. The van der Waals surface area contributed by atoms with Crippen LogP contribution in [0.4, 0.5) is 0 Å². The monoisotopic (exact) mass is 324 g/mol. The molecule has 7 heteroatoms. The van der Waals surface area contributed by atoms with Crippen molar-refractivity contribution in [3.05, 3.63) is 35.9 Å². The van der Waals surface area contributed by atoms with Crippen molar-refractivity contribution in [2.45, 2.75) is 43.9 Å². The zero-order chi connectivity index (χ0) is 16.6. The second kappa shape index (κ2) is 6.56. The first kappa shape index (κ1) is 16.4. The molecule has 0 radical (unpaired) electrons. The van der Waals surface area contributed by atoms with E-state index in [1.807, 2.05) is 25.1 Å². The number of hydrogen-bond acceptors (Lipinski definition) is 7. The van der Waals surface area contributed by atoms with Gasteiger partial charge >= 0.3 is 0 Å². The van der Waals surface area contributed by atoms with Gasteiger partial charge in [0.1, 0.15) is 30.2 Å². The summed E-state index contributed by atoms with van der Waals surface area (Å²) in [7, 11) is 0. The summed E-state index contributed by atoms with van der Waals surface area (Å²) < 4.78 is 16.6. The third kappa shape index (κ3) is 3.12. The third-order valence-electron chi connectivity index (χ3n) is 4.06. The quantitative estimate of drug-likeness (QED) is 0.600. The Balaban J connectivity index is 1.74. The smallest absolute Gasteiger partial charge is 0.222 e. The molecule has 1 fully saturated rings. The van der Waals surface area contributed by atoms with Gasteiger partial charge in [-0.15, -0.1) is 0 Å². The first-order chi connectivity index (χ1) is 11.0. The average Bonchev–Trinajstić information content (AvgIpc) is 2.55. The zero-order valence-electron chi connectivity index (χ0n) is 12.6. The van der Waals surface area contributed by atoms with E-state index in [2.05, 4.69) is 0 Å². The van der Waals surface area contributed by atoms with Crippen LogP contribution in [0.1, 0.15) is 12.5 Å². The first-order valence-electron chi connectivity index (χ1n) is 7.41. The number of fused-ring (bicyclic) bond motifs is 1. The molecule has 7 nitrogen and oxygen atoms in total. The van der Waals surface area contributed by atoms with E-state index in [0.29, 0.717) is 5.75 Å². The molecule has 23 heavy (non-hydrogen) atoms. The van der Waals surface area contributed by atoms with Gasteiger partial charge in [0, 0.05) is 5.56 Å². The lowest BCUT2D eigenvalue weighted by Crippen LogP contribution is -2.59. The summed E-state index contributed by atoms with van der Waals surface area (Å²) >= 11 is 0. The van der Waals surface area contributed by atoms with E-state index in [1.54, 1.807) is 12.1 Å². The van der Waals surface area contributed by atoms with E-state index < -0.39 is 43.6 Å². The lowest BCUT2D eigenvalue weighted by molar-refractivity contribution is -0.321. The molecule has 3 rings (SSSR count). The molecule has 0 saturated carbocycles. The van der Waals surface area contributed by atoms with Crippen LogP contribution in [0.3, 0.4) is 0 Å². The van der Waals surface area contributed by atoms with Gasteiger partial charge < -0.3 is 34.6 Å². The maximum atomic E-state index is 10.00. The molecule has 126 valence electrons. The zero-order valence-corrected chi connectivity index (χ0v) is 12.6. The van der Waals surface area contributed by atoms with Crippen molar-refractivity contribution >= 4 is 5.57 Å². The number of aliphatic hydroxyl groups is 4. The van der Waals surface area contributed by atoms with Crippen molar-refractivity contribution in [1.29, 1.82) is 0 Å². The van der Waals surface area contributed by atoms with E-state index in [4.69, 9.17) is 14.2 Å². The van der Waals surface area contributed by atoms with Gasteiger partial charge in [0.25, 0.3) is 0 Å². The van der Waals surface area contributed by atoms with E-state index >= 15 is 0 Å². The largest absolute Gasteiger partial charge is 0.461 e. The molecular weight excluding hydrogens is 304 g/mol. The molecule has 0 spiro atoms. The minimum Gasteiger partial charge on any atom is -0.461 e. The predicted molar refractivity (Wildman–Crippen MR) is 79.4 cm³/mol. The van der Waals surface area contributed by atoms with Gasteiger partial charge in [-0.3, -0.25) is 0 Å². The Bertz CT molecular complexity index is 586. The summed E-state index contributed by atoms with van der Waals surface area (Å²) in [5.74, 6) is 0.641. The van der Waals surface area contributed by atoms with E-state index in [1.165, 1.54) is 0 Å². The van der Waals surface area contributed by atoms with E-state index in [0.717, 1.165) is 11.1 Å². The molecule has 0 aliphatic carbocycles. The first-order valence-corrected chi connectivity index (χ1v) is 7.41. The average molecular weight is 324 g/mol. The molecule has 0 amide bonds. The Morgan fingerprint density at radius 3 is 2.57 bits per heavy atom. The molecule has 1 aromatic rings. The fraction of sp³-hybridized carbons (Fsp3) is 0.500. The van der Waals surface area contributed by atoms with E-state index in [-0.39, 0.29) is 0 Å². The topological polar surface area (TPSA) is 109 Å². The summed E-state index contributed by atoms with van der Waals surface area (Å²) in [6.07, 6.45) is -5.69. The second-order valence-electron chi connectivity index (χ2n) is 5.67. The molecule has 0 bridgehead atoms. The highest BCUT2D eigenvalue weighted by atomic mass is 16.8. The summed E-state index contributed by atoms with van der Waals surface area (Å²) in [6, 6.07) is 7.46. The predicted octanol–water partition coefficient (Wildman–Crippen LogP) is -0.375. The van der Waals surface area contributed by atoms with Gasteiger partial charge in [-0.05, 0) is 24.6 Å². The minimum absolute atomic E-state index is 0.506. The van der Waals surface area contributed by atoms with Crippen LogP contribution in [0, 0.1) is 0 Å². The van der Waals surface area contributed by atoms with Crippen molar-refractivity contribution in [3.8, 4) is 5.75 Å². The lowest BCUT2D eigenvalue weighted by atomic mass is 9.99. The molecule has 1 unspecified atom stereocenters. The standard InChI is InChI=1S/C16H20O7/c1-8-6-12(21-10-5-3-2-4-9(8)10)23-16-15(20)14(19)13(18)11(7-17)22-16/h2-6,11-20H,7H2,1H3/t11-,12?,13-,14+,15-,16-/m1/s1. The van der Waals surface area contributed by atoms with Gasteiger partial charge in [-0.2, -0.15) is 0 Å². The Labute approximate surface area is 133 Å². The number of hydrogen-bond donors (Lipinski definition) is 4. The van der Waals surface area contributed by atoms with Gasteiger partial charge in [-0.1, -0.05) is 18.2 Å². The number of aliphatic hydroxyl groups excluding tert-OH is 4. The molecule has 2 aliphatic heterocycles. The summed E-state index contributed by atoms with van der Waals surface area (Å²) in [5.41, 5.74) is 1.89. The van der Waals surface area contributed by atoms with Crippen LogP contribution in [0.2, 0.25) is 0 Å². The van der Waals surface area contributed by atoms with Crippen LogP contribution in [-0.2, 0) is 9.47 Å². The third-order valence-corrected chi connectivity index (χ3v) is 4.06. The van der Waals surface area contributed by atoms with Crippen LogP contribution in [0.5, 0.6) is 5.75 Å². The van der Waals surface area contributed by atoms with Crippen LogP contribution >= 0.6 is 0 Å². The molecule has 0 aromatic heterocycles. The van der Waals surface area contributed by atoms with Crippen molar-refractivity contribution in [1.82, 2.24) is 0 Å². The SMILES string of the molecule is CC1=CC(O[C@H]2O[C@H](CO)[C@@H](O)[C@H](O)[C@H]2O)Oc2ccccc21. The van der Waals surface area contributed by atoms with Crippen molar-refractivity contribution in [3.63, 3.8) is 0 Å². The molecule has 2 heterocycles.